The molecular formula is C27H34ClN3O5. The van der Waals surface area contributed by atoms with Gasteiger partial charge in [-0.15, -0.1) is 13.2 Å². The second-order valence-electron chi connectivity index (χ2n) is 9.57. The molecular weight excluding hydrogens is 482 g/mol. The number of β-amino-alcohol motifs (C(OH)–C–C–N with tert-alkyl or cyclic N) is 1. The van der Waals surface area contributed by atoms with Gasteiger partial charge >= 0.3 is 0 Å². The number of anilines is 1. The Labute approximate surface area is 217 Å². The maximum Gasteiger partial charge on any atom is 0.253 e. The highest BCUT2D eigenvalue weighted by Gasteiger charge is 2.74. The van der Waals surface area contributed by atoms with E-state index in [0.717, 1.165) is 6.42 Å². The Hall–Kier alpha value is -2.68. The Morgan fingerprint density at radius 2 is 1.97 bits per heavy atom. The van der Waals surface area contributed by atoms with Crippen LogP contribution in [-0.4, -0.2) is 83.2 Å². The first-order valence-corrected chi connectivity index (χ1v) is 12.9. The summed E-state index contributed by atoms with van der Waals surface area (Å²) < 4.78 is 6.48. The molecule has 9 heteroatoms. The number of halogens is 1. The smallest absolute Gasteiger partial charge is 0.253 e. The number of fused-ring (bicyclic) bond motifs is 1. The standard InChI is InChI=1S/C27H34ClN3O5/c1-4-13-29(14-5-2)24(33)21-20-11-12-27(36-20)22(21)25(34)31(16-17-32)23(27)26(35)30(15-6-3)19-10-8-7-9-18(19)28/h4,6-10,20-23,32H,1,3,5,11-17H2,2H3/t20-,21+,22+,23?,27?/m1/s1. The van der Waals surface area contributed by atoms with Crippen LogP contribution in [0.3, 0.4) is 0 Å². The van der Waals surface area contributed by atoms with Crippen molar-refractivity contribution >= 4 is 35.0 Å². The minimum absolute atomic E-state index is 0.0296. The van der Waals surface area contributed by atoms with Gasteiger partial charge in [0.15, 0.2) is 0 Å². The number of para-hydroxylation sites is 1. The average Bonchev–Trinajstić information content (AvgIpc) is 3.50. The molecule has 4 rings (SSSR count). The van der Waals surface area contributed by atoms with Crippen molar-refractivity contribution in [1.82, 2.24) is 9.80 Å². The number of ether oxygens (including phenoxy) is 1. The normalized spacial score (nSPS) is 28.2. The van der Waals surface area contributed by atoms with Gasteiger partial charge in [0, 0.05) is 26.2 Å². The molecule has 1 aromatic rings. The third kappa shape index (κ3) is 4.15. The Balaban J connectivity index is 1.75. The lowest BCUT2D eigenvalue weighted by atomic mass is 9.70. The fourth-order valence-corrected chi connectivity index (χ4v) is 6.48. The van der Waals surface area contributed by atoms with Crippen molar-refractivity contribution in [3.63, 3.8) is 0 Å². The number of amides is 3. The Kier molecular flexibility index (Phi) is 7.87. The molecule has 2 unspecified atom stereocenters. The summed E-state index contributed by atoms with van der Waals surface area (Å²) in [5, 5.41) is 10.2. The Bertz CT molecular complexity index is 1050. The van der Waals surface area contributed by atoms with E-state index in [1.165, 1.54) is 9.80 Å². The molecule has 3 saturated heterocycles. The van der Waals surface area contributed by atoms with Crippen LogP contribution in [0.15, 0.2) is 49.6 Å². The van der Waals surface area contributed by atoms with Crippen molar-refractivity contribution in [1.29, 1.82) is 0 Å². The first kappa shape index (κ1) is 26.4. The monoisotopic (exact) mass is 515 g/mol. The van der Waals surface area contributed by atoms with Crippen molar-refractivity contribution in [2.75, 3.05) is 37.7 Å². The Morgan fingerprint density at radius 1 is 1.25 bits per heavy atom. The molecule has 0 saturated carbocycles. The van der Waals surface area contributed by atoms with E-state index >= 15 is 0 Å². The SMILES string of the molecule is C=CCN(CCC)C(=O)[C@@H]1[C@H]2C(=O)N(CCO)C(C(=O)N(CC=C)c3ccccc3Cl)C23CC[C@H]1O3. The molecule has 3 heterocycles. The van der Waals surface area contributed by atoms with Crippen molar-refractivity contribution in [3.8, 4) is 0 Å². The second-order valence-corrected chi connectivity index (χ2v) is 9.98. The van der Waals surface area contributed by atoms with Crippen LogP contribution < -0.4 is 4.90 Å². The summed E-state index contributed by atoms with van der Waals surface area (Å²) in [6, 6.07) is 6.01. The number of carbonyl (C=O) groups excluding carboxylic acids is 3. The van der Waals surface area contributed by atoms with E-state index in [0.29, 0.717) is 36.6 Å². The third-order valence-electron chi connectivity index (χ3n) is 7.54. The highest BCUT2D eigenvalue weighted by molar-refractivity contribution is 6.34. The highest BCUT2D eigenvalue weighted by atomic mass is 35.5. The lowest BCUT2D eigenvalue weighted by molar-refractivity contribution is -0.145. The van der Waals surface area contributed by atoms with Gasteiger partial charge in [-0.25, -0.2) is 0 Å². The second kappa shape index (κ2) is 10.7. The predicted molar refractivity (Wildman–Crippen MR) is 137 cm³/mol. The van der Waals surface area contributed by atoms with Gasteiger partial charge in [-0.05, 0) is 31.4 Å². The van der Waals surface area contributed by atoms with E-state index < -0.39 is 29.6 Å². The number of benzene rings is 1. The van der Waals surface area contributed by atoms with Crippen LogP contribution in [0.25, 0.3) is 0 Å². The summed E-state index contributed by atoms with van der Waals surface area (Å²) in [5.74, 6) is -2.30. The molecule has 8 nitrogen and oxygen atoms in total. The highest BCUT2D eigenvalue weighted by Crippen LogP contribution is 2.59. The number of hydrogen-bond acceptors (Lipinski definition) is 5. The summed E-state index contributed by atoms with van der Waals surface area (Å²) in [5.41, 5.74) is -0.637. The lowest BCUT2D eigenvalue weighted by Gasteiger charge is -2.37. The van der Waals surface area contributed by atoms with Crippen LogP contribution in [0.4, 0.5) is 5.69 Å². The van der Waals surface area contributed by atoms with Gasteiger partial charge < -0.3 is 24.5 Å². The zero-order valence-corrected chi connectivity index (χ0v) is 21.4. The summed E-state index contributed by atoms with van der Waals surface area (Å²) in [7, 11) is 0. The first-order chi connectivity index (χ1) is 17.4. The number of aliphatic hydroxyl groups excluding tert-OH is 1. The van der Waals surface area contributed by atoms with Gasteiger partial charge in [0.25, 0.3) is 5.91 Å². The molecule has 194 valence electrons. The van der Waals surface area contributed by atoms with Crippen molar-refractivity contribution in [3.05, 3.63) is 54.6 Å². The fourth-order valence-electron chi connectivity index (χ4n) is 6.24. The van der Waals surface area contributed by atoms with Crippen molar-refractivity contribution in [2.45, 2.75) is 43.9 Å². The molecule has 3 aliphatic rings. The van der Waals surface area contributed by atoms with E-state index in [-0.39, 0.29) is 37.4 Å². The zero-order chi connectivity index (χ0) is 26.0. The van der Waals surface area contributed by atoms with Gasteiger partial charge in [-0.2, -0.15) is 0 Å². The predicted octanol–water partition coefficient (Wildman–Crippen LogP) is 2.65. The molecule has 1 aromatic carbocycles. The van der Waals surface area contributed by atoms with Crippen molar-refractivity contribution < 1.29 is 24.2 Å². The van der Waals surface area contributed by atoms with Crippen LogP contribution in [-0.2, 0) is 19.1 Å². The van der Waals surface area contributed by atoms with Gasteiger partial charge in [0.05, 0.1) is 35.3 Å². The van der Waals surface area contributed by atoms with Gasteiger partial charge in [-0.1, -0.05) is 42.8 Å². The van der Waals surface area contributed by atoms with E-state index in [1.807, 2.05) is 6.92 Å². The summed E-state index contributed by atoms with van der Waals surface area (Å²) in [4.78, 5) is 46.4. The maximum absolute atomic E-state index is 14.2. The molecule has 0 aliphatic carbocycles. The van der Waals surface area contributed by atoms with Crippen LogP contribution in [0.5, 0.6) is 0 Å². The third-order valence-corrected chi connectivity index (χ3v) is 7.86. The minimum Gasteiger partial charge on any atom is -0.395 e. The molecule has 36 heavy (non-hydrogen) atoms. The average molecular weight is 516 g/mol. The number of hydrogen-bond donors (Lipinski definition) is 1. The summed E-state index contributed by atoms with van der Waals surface area (Å²) in [6.45, 7) is 10.3. The van der Waals surface area contributed by atoms with Crippen molar-refractivity contribution in [2.24, 2.45) is 11.8 Å². The number of rotatable bonds is 11. The number of nitrogens with zero attached hydrogens (tertiary/aromatic N) is 3. The van der Waals surface area contributed by atoms with Crippen LogP contribution in [0.1, 0.15) is 26.2 Å². The number of likely N-dealkylation sites (tertiary alicyclic amines) is 1. The number of aliphatic hydroxyl groups is 1. The van der Waals surface area contributed by atoms with Gasteiger partial charge in [0.2, 0.25) is 11.8 Å². The quantitative estimate of drug-likeness (QED) is 0.458. The number of carbonyl (C=O) groups is 3. The van der Waals surface area contributed by atoms with Gasteiger partial charge in [0.1, 0.15) is 11.6 Å². The molecule has 1 spiro atoms. The van der Waals surface area contributed by atoms with E-state index in [2.05, 4.69) is 13.2 Å². The summed E-state index contributed by atoms with van der Waals surface area (Å²) >= 11 is 6.44. The van der Waals surface area contributed by atoms with E-state index in [9.17, 15) is 19.5 Å². The molecule has 5 atom stereocenters. The molecule has 3 aliphatic heterocycles. The largest absolute Gasteiger partial charge is 0.395 e. The van der Waals surface area contributed by atoms with Gasteiger partial charge in [-0.3, -0.25) is 14.4 Å². The van der Waals surface area contributed by atoms with Crippen LogP contribution >= 0.6 is 11.6 Å². The zero-order valence-electron chi connectivity index (χ0n) is 20.6. The topological polar surface area (TPSA) is 90.4 Å². The molecule has 3 fully saturated rings. The van der Waals surface area contributed by atoms with E-state index in [4.69, 9.17) is 16.3 Å². The molecule has 3 amide bonds. The molecule has 0 radical (unpaired) electrons. The molecule has 0 aromatic heterocycles. The minimum atomic E-state index is -1.14. The van der Waals surface area contributed by atoms with Crippen LogP contribution in [0, 0.1) is 11.8 Å². The maximum atomic E-state index is 14.2. The van der Waals surface area contributed by atoms with Crippen LogP contribution in [0.2, 0.25) is 5.02 Å². The molecule has 1 N–H and O–H groups in total. The lowest BCUT2D eigenvalue weighted by Crippen LogP contribution is -2.57. The Morgan fingerprint density at radius 3 is 2.61 bits per heavy atom. The van der Waals surface area contributed by atoms with E-state index in [1.54, 1.807) is 41.3 Å². The summed E-state index contributed by atoms with van der Waals surface area (Å²) in [6.07, 6.45) is 4.67. The fraction of sp³-hybridized carbons (Fsp3) is 0.519. The first-order valence-electron chi connectivity index (χ1n) is 12.5. The molecule has 2 bridgehead atoms.